The first-order valence-corrected chi connectivity index (χ1v) is 6.72. The van der Waals surface area contributed by atoms with Crippen molar-refractivity contribution in [1.29, 1.82) is 0 Å². The van der Waals surface area contributed by atoms with Crippen LogP contribution in [0.3, 0.4) is 0 Å². The minimum absolute atomic E-state index is 0.107. The van der Waals surface area contributed by atoms with Crippen molar-refractivity contribution in [2.45, 2.75) is 39.0 Å². The molecule has 1 aliphatic rings. The molecule has 0 aliphatic carbocycles. The summed E-state index contributed by atoms with van der Waals surface area (Å²) < 4.78 is 5.58. The Bertz CT molecular complexity index is 497. The number of benzene rings is 1. The van der Waals surface area contributed by atoms with E-state index in [-0.39, 0.29) is 29.6 Å². The van der Waals surface area contributed by atoms with Crippen LogP contribution >= 0.6 is 0 Å². The summed E-state index contributed by atoms with van der Waals surface area (Å²) in [6.45, 7) is 4.35. The molecule has 3 atom stereocenters. The summed E-state index contributed by atoms with van der Waals surface area (Å²) in [6.07, 6.45) is 0.629. The van der Waals surface area contributed by atoms with Crippen LogP contribution in [-0.4, -0.2) is 29.2 Å². The van der Waals surface area contributed by atoms with E-state index in [0.717, 1.165) is 12.0 Å². The van der Waals surface area contributed by atoms with Crippen LogP contribution in [-0.2, 0) is 16.1 Å². The Morgan fingerprint density at radius 2 is 1.95 bits per heavy atom. The molecular formula is C15H19NO4. The van der Waals surface area contributed by atoms with E-state index in [4.69, 9.17) is 9.84 Å². The molecule has 0 saturated carbocycles. The molecule has 108 valence electrons. The number of hydrogen-bond donors (Lipinski definition) is 2. The summed E-state index contributed by atoms with van der Waals surface area (Å²) >= 11 is 0. The van der Waals surface area contributed by atoms with E-state index in [1.807, 2.05) is 13.8 Å². The predicted molar refractivity (Wildman–Crippen MR) is 73.4 cm³/mol. The fraction of sp³-hybridized carbons (Fsp3) is 0.467. The molecule has 0 radical (unpaired) electrons. The summed E-state index contributed by atoms with van der Waals surface area (Å²) in [7, 11) is 0. The molecule has 2 N–H and O–H groups in total. The lowest BCUT2D eigenvalue weighted by atomic mass is 10.0. The lowest BCUT2D eigenvalue weighted by molar-refractivity contribution is -0.133. The number of amides is 1. The summed E-state index contributed by atoms with van der Waals surface area (Å²) in [6, 6.07) is 6.46. The minimum atomic E-state index is -0.956. The number of nitrogens with one attached hydrogen (secondary N) is 1. The third kappa shape index (κ3) is 3.36. The van der Waals surface area contributed by atoms with Gasteiger partial charge in [0.25, 0.3) is 0 Å². The number of hydrogen-bond acceptors (Lipinski definition) is 3. The Balaban J connectivity index is 1.88. The second kappa shape index (κ2) is 6.05. The molecule has 2 rings (SSSR count). The molecule has 1 heterocycles. The van der Waals surface area contributed by atoms with Crippen molar-refractivity contribution >= 4 is 11.9 Å². The zero-order valence-electron chi connectivity index (χ0n) is 11.6. The summed E-state index contributed by atoms with van der Waals surface area (Å²) in [5.41, 5.74) is 1.10. The predicted octanol–water partition coefficient (Wildman–Crippen LogP) is 1.81. The SMILES string of the molecule is CC1CC(C)C(C(=O)NCc2ccc(C(=O)O)cc2)O1. The zero-order chi connectivity index (χ0) is 14.7. The molecule has 5 heteroatoms. The fourth-order valence-corrected chi connectivity index (χ4v) is 2.46. The summed E-state index contributed by atoms with van der Waals surface area (Å²) in [4.78, 5) is 22.8. The number of ether oxygens (including phenoxy) is 1. The third-order valence-corrected chi connectivity index (χ3v) is 3.53. The molecule has 1 aliphatic heterocycles. The number of carbonyl (C=O) groups excluding carboxylic acids is 1. The number of carboxylic acids is 1. The first-order chi connectivity index (χ1) is 9.47. The molecule has 20 heavy (non-hydrogen) atoms. The molecule has 1 amide bonds. The van der Waals surface area contributed by atoms with E-state index in [1.165, 1.54) is 12.1 Å². The van der Waals surface area contributed by atoms with Crippen LogP contribution in [0.4, 0.5) is 0 Å². The van der Waals surface area contributed by atoms with Crippen molar-refractivity contribution in [3.8, 4) is 0 Å². The number of aromatic carboxylic acids is 1. The quantitative estimate of drug-likeness (QED) is 0.880. The van der Waals surface area contributed by atoms with Crippen LogP contribution in [0.2, 0.25) is 0 Å². The average Bonchev–Trinajstić information content (AvgIpc) is 2.75. The van der Waals surface area contributed by atoms with Crippen molar-refractivity contribution in [3.63, 3.8) is 0 Å². The summed E-state index contributed by atoms with van der Waals surface area (Å²) in [5, 5.41) is 11.6. The van der Waals surface area contributed by atoms with Gasteiger partial charge in [0.2, 0.25) is 5.91 Å². The van der Waals surface area contributed by atoms with Crippen molar-refractivity contribution in [3.05, 3.63) is 35.4 Å². The Kier molecular flexibility index (Phi) is 4.39. The maximum absolute atomic E-state index is 12.0. The standard InChI is InChI=1S/C15H19NO4/c1-9-7-10(2)20-13(9)14(17)16-8-11-3-5-12(6-4-11)15(18)19/h3-6,9-10,13H,7-8H2,1-2H3,(H,16,17)(H,18,19). The van der Waals surface area contributed by atoms with Crippen LogP contribution in [0.1, 0.15) is 36.2 Å². The first kappa shape index (κ1) is 14.5. The highest BCUT2D eigenvalue weighted by molar-refractivity contribution is 5.87. The van der Waals surface area contributed by atoms with Crippen molar-refractivity contribution in [1.82, 2.24) is 5.32 Å². The smallest absolute Gasteiger partial charge is 0.335 e. The molecular weight excluding hydrogens is 258 g/mol. The average molecular weight is 277 g/mol. The minimum Gasteiger partial charge on any atom is -0.478 e. The highest BCUT2D eigenvalue weighted by Gasteiger charge is 2.34. The zero-order valence-corrected chi connectivity index (χ0v) is 11.6. The monoisotopic (exact) mass is 277 g/mol. The van der Waals surface area contributed by atoms with E-state index in [2.05, 4.69) is 5.32 Å². The van der Waals surface area contributed by atoms with E-state index >= 15 is 0 Å². The van der Waals surface area contributed by atoms with Gasteiger partial charge in [-0.2, -0.15) is 0 Å². The van der Waals surface area contributed by atoms with Gasteiger partial charge < -0.3 is 15.2 Å². The molecule has 0 bridgehead atoms. The first-order valence-electron chi connectivity index (χ1n) is 6.72. The van der Waals surface area contributed by atoms with Crippen molar-refractivity contribution in [2.24, 2.45) is 5.92 Å². The van der Waals surface area contributed by atoms with E-state index < -0.39 is 5.97 Å². The third-order valence-electron chi connectivity index (χ3n) is 3.53. The van der Waals surface area contributed by atoms with Crippen LogP contribution in [0.5, 0.6) is 0 Å². The number of carbonyl (C=O) groups is 2. The second-order valence-electron chi connectivity index (χ2n) is 5.30. The molecule has 1 saturated heterocycles. The van der Waals surface area contributed by atoms with Crippen molar-refractivity contribution in [2.75, 3.05) is 0 Å². The Hall–Kier alpha value is -1.88. The molecule has 1 aromatic rings. The highest BCUT2D eigenvalue weighted by atomic mass is 16.5. The maximum Gasteiger partial charge on any atom is 0.335 e. The van der Waals surface area contributed by atoms with Crippen molar-refractivity contribution < 1.29 is 19.4 Å². The molecule has 0 spiro atoms. The normalized spacial score (nSPS) is 25.4. The van der Waals surface area contributed by atoms with E-state index in [0.29, 0.717) is 6.54 Å². The molecule has 1 fully saturated rings. The fourth-order valence-electron chi connectivity index (χ4n) is 2.46. The Morgan fingerprint density at radius 3 is 2.45 bits per heavy atom. The van der Waals surface area contributed by atoms with Gasteiger partial charge in [0, 0.05) is 6.54 Å². The lowest BCUT2D eigenvalue weighted by Gasteiger charge is -2.15. The largest absolute Gasteiger partial charge is 0.478 e. The topological polar surface area (TPSA) is 75.6 Å². The van der Waals surface area contributed by atoms with Crippen LogP contribution in [0.15, 0.2) is 24.3 Å². The Morgan fingerprint density at radius 1 is 1.30 bits per heavy atom. The molecule has 3 unspecified atom stereocenters. The van der Waals surface area contributed by atoms with E-state index in [1.54, 1.807) is 12.1 Å². The molecule has 1 aromatic carbocycles. The van der Waals surface area contributed by atoms with Gasteiger partial charge in [0.15, 0.2) is 0 Å². The van der Waals surface area contributed by atoms with Gasteiger partial charge in [-0.1, -0.05) is 19.1 Å². The van der Waals surface area contributed by atoms with Crippen LogP contribution in [0, 0.1) is 5.92 Å². The Labute approximate surface area is 117 Å². The van der Waals surface area contributed by atoms with Gasteiger partial charge in [-0.15, -0.1) is 0 Å². The second-order valence-corrected chi connectivity index (χ2v) is 5.30. The molecule has 5 nitrogen and oxygen atoms in total. The highest BCUT2D eigenvalue weighted by Crippen LogP contribution is 2.25. The summed E-state index contributed by atoms with van der Waals surface area (Å²) in [5.74, 6) is -0.841. The van der Waals surface area contributed by atoms with Gasteiger partial charge in [-0.3, -0.25) is 4.79 Å². The molecule has 0 aromatic heterocycles. The van der Waals surface area contributed by atoms with Crippen LogP contribution in [0.25, 0.3) is 0 Å². The van der Waals surface area contributed by atoms with Gasteiger partial charge >= 0.3 is 5.97 Å². The van der Waals surface area contributed by atoms with Crippen LogP contribution < -0.4 is 5.32 Å². The van der Waals surface area contributed by atoms with Gasteiger partial charge in [-0.05, 0) is 37.0 Å². The maximum atomic E-state index is 12.0. The van der Waals surface area contributed by atoms with Gasteiger partial charge in [-0.25, -0.2) is 4.79 Å². The lowest BCUT2D eigenvalue weighted by Crippen LogP contribution is -2.37. The van der Waals surface area contributed by atoms with E-state index in [9.17, 15) is 9.59 Å². The number of carboxylic acid groups (broad SMARTS) is 1. The number of rotatable bonds is 4. The van der Waals surface area contributed by atoms with Gasteiger partial charge in [0.1, 0.15) is 6.10 Å². The van der Waals surface area contributed by atoms with Gasteiger partial charge in [0.05, 0.1) is 11.7 Å².